The van der Waals surface area contributed by atoms with Crippen molar-refractivity contribution in [2.75, 3.05) is 32.7 Å². The van der Waals surface area contributed by atoms with Crippen LogP contribution in [0, 0.1) is 13.8 Å². The van der Waals surface area contributed by atoms with Crippen LogP contribution in [0.25, 0.3) is 0 Å². The SMILES string of the molecule is CNc1nc(C)nc(OCCOC)c1C. The molecule has 0 aliphatic heterocycles. The molecule has 1 heterocycles. The highest BCUT2D eigenvalue weighted by atomic mass is 16.5. The Labute approximate surface area is 89.8 Å². The van der Waals surface area contributed by atoms with Crippen LogP contribution in [-0.2, 0) is 4.74 Å². The minimum Gasteiger partial charge on any atom is -0.475 e. The molecule has 84 valence electrons. The van der Waals surface area contributed by atoms with Crippen LogP contribution in [0.4, 0.5) is 5.82 Å². The van der Waals surface area contributed by atoms with E-state index in [-0.39, 0.29) is 0 Å². The van der Waals surface area contributed by atoms with Crippen molar-refractivity contribution in [3.05, 3.63) is 11.4 Å². The molecular formula is C10H17N3O2. The molecule has 0 saturated heterocycles. The van der Waals surface area contributed by atoms with E-state index in [1.807, 2.05) is 20.9 Å². The Morgan fingerprint density at radius 3 is 2.53 bits per heavy atom. The monoisotopic (exact) mass is 211 g/mol. The van der Waals surface area contributed by atoms with Gasteiger partial charge < -0.3 is 14.8 Å². The predicted octanol–water partition coefficient (Wildman–Crippen LogP) is 1.16. The van der Waals surface area contributed by atoms with Gasteiger partial charge in [0.15, 0.2) is 0 Å². The number of aryl methyl sites for hydroxylation is 1. The average Bonchev–Trinajstić information content (AvgIpc) is 2.23. The fourth-order valence-electron chi connectivity index (χ4n) is 1.21. The van der Waals surface area contributed by atoms with E-state index in [1.165, 1.54) is 0 Å². The topological polar surface area (TPSA) is 56.3 Å². The van der Waals surface area contributed by atoms with Gasteiger partial charge >= 0.3 is 0 Å². The van der Waals surface area contributed by atoms with Crippen molar-refractivity contribution in [2.24, 2.45) is 0 Å². The molecule has 1 N–H and O–H groups in total. The summed E-state index contributed by atoms with van der Waals surface area (Å²) >= 11 is 0. The van der Waals surface area contributed by atoms with Gasteiger partial charge in [-0.05, 0) is 13.8 Å². The van der Waals surface area contributed by atoms with E-state index in [9.17, 15) is 0 Å². The maximum atomic E-state index is 5.48. The predicted molar refractivity (Wildman–Crippen MR) is 58.4 cm³/mol. The van der Waals surface area contributed by atoms with Crippen LogP contribution in [-0.4, -0.2) is 37.3 Å². The average molecular weight is 211 g/mol. The van der Waals surface area contributed by atoms with E-state index in [0.29, 0.717) is 24.9 Å². The lowest BCUT2D eigenvalue weighted by molar-refractivity contribution is 0.143. The van der Waals surface area contributed by atoms with Crippen LogP contribution in [0.5, 0.6) is 5.88 Å². The summed E-state index contributed by atoms with van der Waals surface area (Å²) < 4.78 is 10.4. The van der Waals surface area contributed by atoms with E-state index in [2.05, 4.69) is 15.3 Å². The molecule has 1 aromatic heterocycles. The van der Waals surface area contributed by atoms with Crippen LogP contribution >= 0.6 is 0 Å². The van der Waals surface area contributed by atoms with Crippen molar-refractivity contribution in [3.8, 4) is 5.88 Å². The lowest BCUT2D eigenvalue weighted by atomic mass is 10.3. The molecule has 0 aliphatic rings. The highest BCUT2D eigenvalue weighted by Gasteiger charge is 2.08. The maximum absolute atomic E-state index is 5.48. The summed E-state index contributed by atoms with van der Waals surface area (Å²) in [5.41, 5.74) is 0.916. The molecule has 0 saturated carbocycles. The van der Waals surface area contributed by atoms with Gasteiger partial charge in [0.2, 0.25) is 5.88 Å². The second kappa shape index (κ2) is 5.50. The minimum absolute atomic E-state index is 0.497. The molecule has 0 atom stereocenters. The minimum atomic E-state index is 0.497. The third-order valence-corrected chi connectivity index (χ3v) is 1.98. The van der Waals surface area contributed by atoms with Crippen LogP contribution in [0.2, 0.25) is 0 Å². The van der Waals surface area contributed by atoms with Gasteiger partial charge in [-0.3, -0.25) is 0 Å². The molecule has 1 aromatic rings. The molecular weight excluding hydrogens is 194 g/mol. The quantitative estimate of drug-likeness (QED) is 0.741. The lowest BCUT2D eigenvalue weighted by Crippen LogP contribution is -2.09. The summed E-state index contributed by atoms with van der Waals surface area (Å²) in [6, 6.07) is 0. The van der Waals surface area contributed by atoms with Crippen molar-refractivity contribution in [3.63, 3.8) is 0 Å². The number of anilines is 1. The molecule has 0 unspecified atom stereocenters. The van der Waals surface area contributed by atoms with Gasteiger partial charge in [0.1, 0.15) is 18.2 Å². The van der Waals surface area contributed by atoms with Crippen molar-refractivity contribution in [1.82, 2.24) is 9.97 Å². The van der Waals surface area contributed by atoms with E-state index < -0.39 is 0 Å². The maximum Gasteiger partial charge on any atom is 0.221 e. The molecule has 0 radical (unpaired) electrons. The summed E-state index contributed by atoms with van der Waals surface area (Å²) in [6.45, 7) is 4.81. The molecule has 0 aromatic carbocycles. The fourth-order valence-corrected chi connectivity index (χ4v) is 1.21. The Bertz CT molecular complexity index is 329. The van der Waals surface area contributed by atoms with Gasteiger partial charge in [-0.2, -0.15) is 4.98 Å². The highest BCUT2D eigenvalue weighted by molar-refractivity contribution is 5.47. The molecule has 0 aliphatic carbocycles. The molecule has 5 nitrogen and oxygen atoms in total. The zero-order chi connectivity index (χ0) is 11.3. The third kappa shape index (κ3) is 3.06. The number of hydrogen-bond donors (Lipinski definition) is 1. The van der Waals surface area contributed by atoms with E-state index in [1.54, 1.807) is 7.11 Å². The van der Waals surface area contributed by atoms with Gasteiger partial charge in [0, 0.05) is 14.2 Å². The fraction of sp³-hybridized carbons (Fsp3) is 0.600. The number of methoxy groups -OCH3 is 1. The summed E-state index contributed by atoms with van der Waals surface area (Å²) in [5.74, 6) is 2.11. The first-order valence-corrected chi connectivity index (χ1v) is 4.83. The zero-order valence-electron chi connectivity index (χ0n) is 9.63. The molecule has 0 spiro atoms. The van der Waals surface area contributed by atoms with E-state index in [0.717, 1.165) is 11.4 Å². The molecule has 5 heteroatoms. The number of aromatic nitrogens is 2. The van der Waals surface area contributed by atoms with Gasteiger partial charge in [-0.1, -0.05) is 0 Å². The van der Waals surface area contributed by atoms with Crippen LogP contribution in [0.15, 0.2) is 0 Å². The lowest BCUT2D eigenvalue weighted by Gasteiger charge is -2.11. The number of hydrogen-bond acceptors (Lipinski definition) is 5. The number of nitrogens with one attached hydrogen (secondary N) is 1. The van der Waals surface area contributed by atoms with Crippen LogP contribution in [0.1, 0.15) is 11.4 Å². The summed E-state index contributed by atoms with van der Waals surface area (Å²) in [7, 11) is 3.47. The van der Waals surface area contributed by atoms with Gasteiger partial charge in [-0.25, -0.2) is 4.98 Å². The van der Waals surface area contributed by atoms with Gasteiger partial charge in [-0.15, -0.1) is 0 Å². The number of rotatable bonds is 5. The first-order valence-electron chi connectivity index (χ1n) is 4.83. The second-order valence-corrected chi connectivity index (χ2v) is 3.14. The number of nitrogens with zero attached hydrogens (tertiary/aromatic N) is 2. The summed E-state index contributed by atoms with van der Waals surface area (Å²) in [4.78, 5) is 8.47. The van der Waals surface area contributed by atoms with Crippen molar-refractivity contribution in [1.29, 1.82) is 0 Å². The molecule has 15 heavy (non-hydrogen) atoms. The molecule has 0 amide bonds. The first-order chi connectivity index (χ1) is 7.19. The second-order valence-electron chi connectivity index (χ2n) is 3.14. The smallest absolute Gasteiger partial charge is 0.221 e. The molecule has 0 fully saturated rings. The standard InChI is InChI=1S/C10H17N3O2/c1-7-9(11-3)12-8(2)13-10(7)15-6-5-14-4/h5-6H2,1-4H3,(H,11,12,13). The third-order valence-electron chi connectivity index (χ3n) is 1.98. The van der Waals surface area contributed by atoms with Gasteiger partial charge in [0.25, 0.3) is 0 Å². The Hall–Kier alpha value is -1.36. The Balaban J connectivity index is 2.81. The summed E-state index contributed by atoms with van der Waals surface area (Å²) in [5, 5.41) is 3.00. The summed E-state index contributed by atoms with van der Waals surface area (Å²) in [6.07, 6.45) is 0. The highest BCUT2D eigenvalue weighted by Crippen LogP contribution is 2.21. The van der Waals surface area contributed by atoms with E-state index in [4.69, 9.17) is 9.47 Å². The Kier molecular flexibility index (Phi) is 4.30. The number of ether oxygens (including phenoxy) is 2. The van der Waals surface area contributed by atoms with E-state index >= 15 is 0 Å². The Morgan fingerprint density at radius 1 is 1.20 bits per heavy atom. The molecule has 1 rings (SSSR count). The molecule has 0 bridgehead atoms. The van der Waals surface area contributed by atoms with Crippen molar-refractivity contribution >= 4 is 5.82 Å². The van der Waals surface area contributed by atoms with Crippen LogP contribution < -0.4 is 10.1 Å². The van der Waals surface area contributed by atoms with Gasteiger partial charge in [0.05, 0.1) is 12.2 Å². The largest absolute Gasteiger partial charge is 0.475 e. The zero-order valence-corrected chi connectivity index (χ0v) is 9.63. The van der Waals surface area contributed by atoms with Crippen LogP contribution in [0.3, 0.4) is 0 Å². The normalized spacial score (nSPS) is 10.1. The Morgan fingerprint density at radius 2 is 1.93 bits per heavy atom. The van der Waals surface area contributed by atoms with Crippen molar-refractivity contribution in [2.45, 2.75) is 13.8 Å². The van der Waals surface area contributed by atoms with Crippen molar-refractivity contribution < 1.29 is 9.47 Å². The first kappa shape index (κ1) is 11.7.